The predicted molar refractivity (Wildman–Crippen MR) is 39.4 cm³/mol. The second-order valence-corrected chi connectivity index (χ2v) is 3.71. The van der Waals surface area contributed by atoms with E-state index >= 15 is 0 Å². The Balaban J connectivity index is 2.64. The molecule has 0 aromatic heterocycles. The van der Waals surface area contributed by atoms with Gasteiger partial charge in [-0.05, 0) is 0 Å². The maximum absolute atomic E-state index is 11.1. The summed E-state index contributed by atoms with van der Waals surface area (Å²) in [6.45, 7) is 0.846. The summed E-state index contributed by atoms with van der Waals surface area (Å²) < 4.78 is 0.742. The number of amides is 1. The zero-order chi connectivity index (χ0) is 7.78. The molecule has 3 nitrogen and oxygen atoms in total. The number of carbonyl (C=O) groups is 1. The van der Waals surface area contributed by atoms with E-state index < -0.39 is 0 Å². The molecule has 10 heavy (non-hydrogen) atoms. The van der Waals surface area contributed by atoms with Crippen molar-refractivity contribution in [3.8, 4) is 0 Å². The van der Waals surface area contributed by atoms with Gasteiger partial charge in [0.1, 0.15) is 0 Å². The molecule has 1 aliphatic rings. The Morgan fingerprint density at radius 1 is 1.50 bits per heavy atom. The van der Waals surface area contributed by atoms with Gasteiger partial charge in [-0.3, -0.25) is 4.79 Å². The van der Waals surface area contributed by atoms with Crippen molar-refractivity contribution in [2.24, 2.45) is 0 Å². The third-order valence-electron chi connectivity index (χ3n) is 1.95. The molecule has 1 rings (SSSR count). The average molecular weight is 143 g/mol. The minimum atomic E-state index is 0.167. The molecule has 58 valence electrons. The standard InChI is InChI=1S/C7H14N2O/c1-9(2,3)6-4-5-8-7(6)10/h6H,4-5H2,1-3H3/p+1. The molecule has 1 amide bonds. The number of hydrogen-bond acceptors (Lipinski definition) is 1. The fourth-order valence-electron chi connectivity index (χ4n) is 1.32. The van der Waals surface area contributed by atoms with Crippen LogP contribution < -0.4 is 5.32 Å². The van der Waals surface area contributed by atoms with E-state index in [9.17, 15) is 4.79 Å². The summed E-state index contributed by atoms with van der Waals surface area (Å²) in [5.74, 6) is 0.201. The van der Waals surface area contributed by atoms with Crippen molar-refractivity contribution in [3.05, 3.63) is 0 Å². The van der Waals surface area contributed by atoms with Crippen molar-refractivity contribution in [2.75, 3.05) is 27.7 Å². The minimum absolute atomic E-state index is 0.167. The molecule has 1 unspecified atom stereocenters. The second-order valence-electron chi connectivity index (χ2n) is 3.71. The molecule has 3 heteroatoms. The summed E-state index contributed by atoms with van der Waals surface area (Å²) >= 11 is 0. The van der Waals surface area contributed by atoms with E-state index in [2.05, 4.69) is 26.5 Å². The highest BCUT2D eigenvalue weighted by atomic mass is 16.2. The molecular formula is C7H15N2O+. The SMILES string of the molecule is C[N+](C)(C)C1CCNC1=O. The monoisotopic (exact) mass is 143 g/mol. The lowest BCUT2D eigenvalue weighted by molar-refractivity contribution is -0.885. The van der Waals surface area contributed by atoms with Crippen LogP contribution in [0.1, 0.15) is 6.42 Å². The average Bonchev–Trinajstić information content (AvgIpc) is 2.11. The van der Waals surface area contributed by atoms with E-state index in [4.69, 9.17) is 0 Å². The normalized spacial score (nSPS) is 26.7. The Morgan fingerprint density at radius 3 is 2.30 bits per heavy atom. The molecule has 1 atom stereocenters. The Labute approximate surface area is 61.6 Å². The molecular weight excluding hydrogens is 128 g/mol. The Morgan fingerprint density at radius 2 is 2.10 bits per heavy atom. The molecule has 1 N–H and O–H groups in total. The smallest absolute Gasteiger partial charge is 0.278 e. The van der Waals surface area contributed by atoms with Gasteiger partial charge in [-0.1, -0.05) is 0 Å². The van der Waals surface area contributed by atoms with Gasteiger partial charge in [-0.25, -0.2) is 0 Å². The van der Waals surface area contributed by atoms with Crippen LogP contribution >= 0.6 is 0 Å². The van der Waals surface area contributed by atoms with Crippen LogP contribution in [0.5, 0.6) is 0 Å². The first-order valence-corrected chi connectivity index (χ1v) is 3.60. The van der Waals surface area contributed by atoms with E-state index in [1.807, 2.05) is 0 Å². The van der Waals surface area contributed by atoms with E-state index in [1.165, 1.54) is 0 Å². The summed E-state index contributed by atoms with van der Waals surface area (Å²) in [5, 5.41) is 2.82. The van der Waals surface area contributed by atoms with Gasteiger partial charge in [-0.2, -0.15) is 0 Å². The van der Waals surface area contributed by atoms with Gasteiger partial charge in [0, 0.05) is 13.0 Å². The topological polar surface area (TPSA) is 29.1 Å². The highest BCUT2D eigenvalue weighted by Crippen LogP contribution is 2.11. The van der Waals surface area contributed by atoms with Crippen molar-refractivity contribution in [2.45, 2.75) is 12.5 Å². The zero-order valence-electron chi connectivity index (χ0n) is 6.85. The number of nitrogens with zero attached hydrogens (tertiary/aromatic N) is 1. The fraction of sp³-hybridized carbons (Fsp3) is 0.857. The van der Waals surface area contributed by atoms with Crippen LogP contribution in [0.4, 0.5) is 0 Å². The van der Waals surface area contributed by atoms with Crippen LogP contribution in [0.25, 0.3) is 0 Å². The molecule has 0 aliphatic carbocycles. The Kier molecular flexibility index (Phi) is 1.68. The number of carbonyl (C=O) groups excluding carboxylic acids is 1. The quantitative estimate of drug-likeness (QED) is 0.496. The van der Waals surface area contributed by atoms with E-state index in [0.717, 1.165) is 17.4 Å². The lowest BCUT2D eigenvalue weighted by Crippen LogP contribution is -2.48. The first-order chi connectivity index (χ1) is 4.52. The van der Waals surface area contributed by atoms with Gasteiger partial charge in [-0.15, -0.1) is 0 Å². The highest BCUT2D eigenvalue weighted by molar-refractivity contribution is 5.82. The van der Waals surface area contributed by atoms with E-state index in [-0.39, 0.29) is 11.9 Å². The third-order valence-corrected chi connectivity index (χ3v) is 1.95. The van der Waals surface area contributed by atoms with Crippen molar-refractivity contribution < 1.29 is 9.28 Å². The number of likely N-dealkylation sites (N-methyl/N-ethyl adjacent to an activating group) is 1. The van der Waals surface area contributed by atoms with Gasteiger partial charge in [0.2, 0.25) is 0 Å². The van der Waals surface area contributed by atoms with Crippen LogP contribution in [0.15, 0.2) is 0 Å². The van der Waals surface area contributed by atoms with Crippen LogP contribution in [0.2, 0.25) is 0 Å². The first-order valence-electron chi connectivity index (χ1n) is 3.60. The predicted octanol–water partition coefficient (Wildman–Crippen LogP) is -0.419. The summed E-state index contributed by atoms with van der Waals surface area (Å²) in [6, 6.07) is 0.167. The van der Waals surface area contributed by atoms with Gasteiger partial charge >= 0.3 is 0 Å². The minimum Gasteiger partial charge on any atom is -0.351 e. The summed E-state index contributed by atoms with van der Waals surface area (Å²) in [7, 11) is 6.15. The van der Waals surface area contributed by atoms with Crippen LogP contribution in [-0.2, 0) is 4.79 Å². The van der Waals surface area contributed by atoms with Gasteiger partial charge in [0.25, 0.3) is 5.91 Å². The first kappa shape index (κ1) is 7.54. The van der Waals surface area contributed by atoms with Gasteiger partial charge in [0.05, 0.1) is 21.1 Å². The molecule has 1 aliphatic heterocycles. The Hall–Kier alpha value is -0.570. The number of hydrogen-bond donors (Lipinski definition) is 1. The van der Waals surface area contributed by atoms with Crippen molar-refractivity contribution in [1.29, 1.82) is 0 Å². The molecule has 0 radical (unpaired) electrons. The molecule has 1 heterocycles. The molecule has 1 saturated heterocycles. The molecule has 0 saturated carbocycles. The van der Waals surface area contributed by atoms with Gasteiger partial charge < -0.3 is 9.80 Å². The van der Waals surface area contributed by atoms with Crippen LogP contribution in [0.3, 0.4) is 0 Å². The maximum atomic E-state index is 11.1. The summed E-state index contributed by atoms with van der Waals surface area (Å²) in [6.07, 6.45) is 0.975. The molecule has 0 spiro atoms. The van der Waals surface area contributed by atoms with Gasteiger partial charge in [0.15, 0.2) is 6.04 Å². The largest absolute Gasteiger partial charge is 0.351 e. The van der Waals surface area contributed by atoms with E-state index in [0.29, 0.717) is 0 Å². The lowest BCUT2D eigenvalue weighted by atomic mass is 10.2. The van der Waals surface area contributed by atoms with E-state index in [1.54, 1.807) is 0 Å². The molecule has 0 bridgehead atoms. The molecule has 1 fully saturated rings. The van der Waals surface area contributed by atoms with Crippen molar-refractivity contribution in [1.82, 2.24) is 5.32 Å². The molecule has 0 aromatic rings. The number of rotatable bonds is 1. The summed E-state index contributed by atoms with van der Waals surface area (Å²) in [4.78, 5) is 11.1. The summed E-state index contributed by atoms with van der Waals surface area (Å²) in [5.41, 5.74) is 0. The lowest BCUT2D eigenvalue weighted by Gasteiger charge is -2.28. The Bertz CT molecular complexity index is 148. The number of nitrogens with one attached hydrogen (secondary N) is 1. The zero-order valence-corrected chi connectivity index (χ0v) is 6.85. The third kappa shape index (κ3) is 1.29. The van der Waals surface area contributed by atoms with Crippen LogP contribution in [0, 0.1) is 0 Å². The van der Waals surface area contributed by atoms with Crippen LogP contribution in [-0.4, -0.2) is 44.1 Å². The molecule has 0 aromatic carbocycles. The van der Waals surface area contributed by atoms with Crippen molar-refractivity contribution >= 4 is 5.91 Å². The number of quaternary nitrogens is 1. The van der Waals surface area contributed by atoms with Crippen molar-refractivity contribution in [3.63, 3.8) is 0 Å². The highest BCUT2D eigenvalue weighted by Gasteiger charge is 2.35. The maximum Gasteiger partial charge on any atom is 0.278 e. The second kappa shape index (κ2) is 2.23. The fourth-order valence-corrected chi connectivity index (χ4v) is 1.32.